The number of carbonyl (C=O) groups is 2. The summed E-state index contributed by atoms with van der Waals surface area (Å²) in [7, 11) is 0. The van der Waals surface area contributed by atoms with Crippen LogP contribution in [0.4, 0.5) is 0 Å². The van der Waals surface area contributed by atoms with E-state index in [9.17, 15) is 14.4 Å². The Morgan fingerprint density at radius 1 is 1.14 bits per heavy atom. The van der Waals surface area contributed by atoms with Gasteiger partial charge in [-0.3, -0.25) is 4.79 Å². The molecular weight excluding hydrogens is 366 g/mol. The van der Waals surface area contributed by atoms with Gasteiger partial charge in [0.25, 0.3) is 5.91 Å². The molecule has 0 bridgehead atoms. The number of nitrogens with zero attached hydrogens (tertiary/aromatic N) is 1. The maximum atomic E-state index is 12.2. The van der Waals surface area contributed by atoms with E-state index < -0.39 is 11.6 Å². The minimum absolute atomic E-state index is 0.0525. The highest BCUT2D eigenvalue weighted by atomic mass is 16.6. The van der Waals surface area contributed by atoms with E-state index in [1.807, 2.05) is 20.8 Å². The van der Waals surface area contributed by atoms with Gasteiger partial charge in [0.1, 0.15) is 11.3 Å². The Labute approximate surface area is 162 Å². The standard InChI is InChI=1S/C20H23NO7/c1-12-6-19(23)28-17-7-15(4-5-16(12)17)25-11-20(24)26-10-18(22)21-8-13(2)27-14(3)9-21/h4-7,13-14H,8-11H2,1-3H3/t13-,14-/m0/s1. The zero-order chi connectivity index (χ0) is 20.3. The van der Waals surface area contributed by atoms with Gasteiger partial charge in [-0.15, -0.1) is 0 Å². The van der Waals surface area contributed by atoms with Crippen LogP contribution >= 0.6 is 0 Å². The fourth-order valence-electron chi connectivity index (χ4n) is 3.19. The average Bonchev–Trinajstić information content (AvgIpc) is 2.63. The summed E-state index contributed by atoms with van der Waals surface area (Å²) >= 11 is 0. The lowest BCUT2D eigenvalue weighted by Gasteiger charge is -2.35. The number of esters is 1. The second-order valence-electron chi connectivity index (χ2n) is 6.91. The fourth-order valence-corrected chi connectivity index (χ4v) is 3.19. The van der Waals surface area contributed by atoms with Crippen molar-refractivity contribution < 1.29 is 28.2 Å². The van der Waals surface area contributed by atoms with Gasteiger partial charge in [0.05, 0.1) is 12.2 Å². The van der Waals surface area contributed by atoms with Gasteiger partial charge in [-0.2, -0.15) is 0 Å². The van der Waals surface area contributed by atoms with Gasteiger partial charge in [0.15, 0.2) is 13.2 Å². The number of aryl methyl sites for hydroxylation is 1. The predicted molar refractivity (Wildman–Crippen MR) is 100 cm³/mol. The van der Waals surface area contributed by atoms with Gasteiger partial charge in [-0.25, -0.2) is 9.59 Å². The van der Waals surface area contributed by atoms with Crippen molar-refractivity contribution in [3.05, 3.63) is 40.2 Å². The molecule has 0 saturated carbocycles. The molecule has 8 nitrogen and oxygen atoms in total. The smallest absolute Gasteiger partial charge is 0.344 e. The summed E-state index contributed by atoms with van der Waals surface area (Å²) in [6, 6.07) is 6.37. The Morgan fingerprint density at radius 2 is 1.86 bits per heavy atom. The van der Waals surface area contributed by atoms with Crippen LogP contribution in [0.25, 0.3) is 11.0 Å². The monoisotopic (exact) mass is 389 g/mol. The second kappa shape index (κ2) is 8.43. The van der Waals surface area contributed by atoms with Crippen molar-refractivity contribution in [3.63, 3.8) is 0 Å². The molecule has 0 aliphatic carbocycles. The Balaban J connectivity index is 1.51. The largest absolute Gasteiger partial charge is 0.482 e. The molecule has 28 heavy (non-hydrogen) atoms. The minimum Gasteiger partial charge on any atom is -0.482 e. The number of amides is 1. The number of morpholine rings is 1. The van der Waals surface area contributed by atoms with Crippen LogP contribution in [0.5, 0.6) is 5.75 Å². The molecule has 1 aromatic carbocycles. The summed E-state index contributed by atoms with van der Waals surface area (Å²) in [5.74, 6) is -0.563. The van der Waals surface area contributed by atoms with E-state index in [0.29, 0.717) is 24.4 Å². The predicted octanol–water partition coefficient (Wildman–Crippen LogP) is 1.66. The van der Waals surface area contributed by atoms with E-state index in [0.717, 1.165) is 10.9 Å². The van der Waals surface area contributed by atoms with E-state index >= 15 is 0 Å². The highest BCUT2D eigenvalue weighted by Gasteiger charge is 2.26. The molecule has 0 unspecified atom stereocenters. The lowest BCUT2D eigenvalue weighted by molar-refractivity contribution is -0.158. The van der Waals surface area contributed by atoms with E-state index in [-0.39, 0.29) is 31.3 Å². The second-order valence-corrected chi connectivity index (χ2v) is 6.91. The molecule has 1 aliphatic rings. The van der Waals surface area contributed by atoms with Crippen molar-refractivity contribution >= 4 is 22.8 Å². The molecule has 1 aliphatic heterocycles. The maximum Gasteiger partial charge on any atom is 0.344 e. The Kier molecular flexibility index (Phi) is 5.99. The summed E-state index contributed by atoms with van der Waals surface area (Å²) in [6.45, 7) is 5.84. The van der Waals surface area contributed by atoms with Crippen LogP contribution in [-0.2, 0) is 19.1 Å². The van der Waals surface area contributed by atoms with Gasteiger partial charge >= 0.3 is 11.6 Å². The molecule has 150 valence electrons. The first kappa shape index (κ1) is 19.9. The number of fused-ring (bicyclic) bond motifs is 1. The summed E-state index contributed by atoms with van der Waals surface area (Å²) < 4.78 is 21.1. The lowest BCUT2D eigenvalue weighted by Crippen LogP contribution is -2.49. The van der Waals surface area contributed by atoms with E-state index in [1.165, 1.54) is 6.07 Å². The fraction of sp³-hybridized carbons (Fsp3) is 0.450. The Bertz CT molecular complexity index is 926. The number of hydrogen-bond donors (Lipinski definition) is 0. The van der Waals surface area contributed by atoms with Gasteiger partial charge < -0.3 is 23.5 Å². The third-order valence-electron chi connectivity index (χ3n) is 4.41. The zero-order valence-corrected chi connectivity index (χ0v) is 16.1. The normalized spacial score (nSPS) is 19.5. The third kappa shape index (κ3) is 4.89. The van der Waals surface area contributed by atoms with Crippen LogP contribution in [0.1, 0.15) is 19.4 Å². The molecule has 1 saturated heterocycles. The highest BCUT2D eigenvalue weighted by molar-refractivity contribution is 5.82. The van der Waals surface area contributed by atoms with Crippen molar-refractivity contribution in [2.45, 2.75) is 33.0 Å². The molecule has 1 fully saturated rings. The van der Waals surface area contributed by atoms with Crippen molar-refractivity contribution in [1.29, 1.82) is 0 Å². The van der Waals surface area contributed by atoms with Crippen LogP contribution in [0.3, 0.4) is 0 Å². The summed E-state index contributed by atoms with van der Waals surface area (Å²) in [5.41, 5.74) is 0.718. The molecule has 8 heteroatoms. The molecule has 0 radical (unpaired) electrons. The van der Waals surface area contributed by atoms with Crippen LogP contribution < -0.4 is 10.4 Å². The topological polar surface area (TPSA) is 95.3 Å². The number of carbonyl (C=O) groups excluding carboxylic acids is 2. The van der Waals surface area contributed by atoms with Gasteiger partial charge in [0.2, 0.25) is 0 Å². The molecule has 1 amide bonds. The first-order valence-electron chi connectivity index (χ1n) is 9.08. The molecule has 3 rings (SSSR count). The summed E-state index contributed by atoms with van der Waals surface area (Å²) in [6.07, 6.45) is -0.105. The lowest BCUT2D eigenvalue weighted by atomic mass is 10.1. The van der Waals surface area contributed by atoms with Crippen LogP contribution in [0.2, 0.25) is 0 Å². The van der Waals surface area contributed by atoms with Crippen molar-refractivity contribution in [3.8, 4) is 5.75 Å². The van der Waals surface area contributed by atoms with Crippen molar-refractivity contribution in [2.24, 2.45) is 0 Å². The minimum atomic E-state index is -0.659. The average molecular weight is 389 g/mol. The molecule has 1 aromatic heterocycles. The van der Waals surface area contributed by atoms with E-state index in [4.69, 9.17) is 18.6 Å². The molecule has 0 spiro atoms. The Morgan fingerprint density at radius 3 is 2.57 bits per heavy atom. The summed E-state index contributed by atoms with van der Waals surface area (Å²) in [4.78, 5) is 37.2. The third-order valence-corrected chi connectivity index (χ3v) is 4.41. The SMILES string of the molecule is Cc1cc(=O)oc2cc(OCC(=O)OCC(=O)N3C[C@H](C)O[C@@H](C)C3)ccc12. The zero-order valence-electron chi connectivity index (χ0n) is 16.1. The molecule has 2 atom stereocenters. The van der Waals surface area contributed by atoms with Gasteiger partial charge in [-0.1, -0.05) is 0 Å². The number of rotatable bonds is 5. The number of hydrogen-bond acceptors (Lipinski definition) is 7. The van der Waals surface area contributed by atoms with Gasteiger partial charge in [-0.05, 0) is 38.5 Å². The first-order chi connectivity index (χ1) is 13.3. The van der Waals surface area contributed by atoms with E-state index in [1.54, 1.807) is 23.1 Å². The molecule has 2 heterocycles. The quantitative estimate of drug-likeness (QED) is 0.567. The van der Waals surface area contributed by atoms with Crippen LogP contribution in [0, 0.1) is 6.92 Å². The molecule has 2 aromatic rings. The number of benzene rings is 1. The summed E-state index contributed by atoms with van der Waals surface area (Å²) in [5, 5.41) is 0.786. The molecular formula is C20H23NO7. The van der Waals surface area contributed by atoms with E-state index in [2.05, 4.69) is 0 Å². The van der Waals surface area contributed by atoms with Crippen molar-refractivity contribution in [2.75, 3.05) is 26.3 Å². The highest BCUT2D eigenvalue weighted by Crippen LogP contribution is 2.22. The van der Waals surface area contributed by atoms with Crippen LogP contribution in [0.15, 0.2) is 33.5 Å². The van der Waals surface area contributed by atoms with Gasteiger partial charge in [0, 0.05) is 30.6 Å². The molecule has 0 N–H and O–H groups in total. The van der Waals surface area contributed by atoms with Crippen LogP contribution in [-0.4, -0.2) is 55.3 Å². The first-order valence-corrected chi connectivity index (χ1v) is 9.08. The maximum absolute atomic E-state index is 12.2. The Hall–Kier alpha value is -2.87. The van der Waals surface area contributed by atoms with Crippen molar-refractivity contribution in [1.82, 2.24) is 4.90 Å². The number of ether oxygens (including phenoxy) is 3.